The van der Waals surface area contributed by atoms with E-state index in [4.69, 9.17) is 9.47 Å². The third kappa shape index (κ3) is 6.94. The number of carbonyl (C=O) groups excluding carboxylic acids is 1. The largest absolute Gasteiger partial charge is 0.494 e. The molecule has 0 aromatic heterocycles. The topological polar surface area (TPSA) is 47.9 Å². The summed E-state index contributed by atoms with van der Waals surface area (Å²) in [5.74, 6) is 6.78. The molecule has 0 saturated heterocycles. The second kappa shape index (κ2) is 11.5. The number of rotatable bonds is 8. The molecule has 5 heteroatoms. The number of isothiocyanates is 1. The lowest BCUT2D eigenvalue weighted by molar-refractivity contribution is -0.137. The van der Waals surface area contributed by atoms with Crippen molar-refractivity contribution in [3.05, 3.63) is 84.4 Å². The molecule has 0 amide bonds. The second-order valence-corrected chi connectivity index (χ2v) is 6.83. The Labute approximate surface area is 187 Å². The zero-order valence-corrected chi connectivity index (χ0v) is 17.8. The van der Waals surface area contributed by atoms with E-state index in [1.54, 1.807) is 0 Å². The zero-order valence-electron chi connectivity index (χ0n) is 17.0. The lowest BCUT2D eigenvalue weighted by Crippen LogP contribution is -2.04. The van der Waals surface area contributed by atoms with E-state index in [0.29, 0.717) is 13.2 Å². The normalized spacial score (nSPS) is 9.81. The molecule has 0 unspecified atom stereocenters. The summed E-state index contributed by atoms with van der Waals surface area (Å²) in [7, 11) is 0. The van der Waals surface area contributed by atoms with Gasteiger partial charge in [0, 0.05) is 17.2 Å². The zero-order chi connectivity index (χ0) is 21.9. The average molecular weight is 428 g/mol. The lowest BCUT2D eigenvalue weighted by Gasteiger charge is -2.08. The molecule has 154 valence electrons. The molecule has 0 heterocycles. The molecule has 0 atom stereocenters. The van der Waals surface area contributed by atoms with Crippen LogP contribution in [0.4, 0.5) is 5.69 Å². The maximum Gasteiger partial charge on any atom is 0.330 e. The van der Waals surface area contributed by atoms with Crippen molar-refractivity contribution in [2.45, 2.75) is 12.8 Å². The molecule has 0 fully saturated rings. The number of carbonyl (C=O) groups is 1. The molecular formula is C26H21NO3S. The molecule has 31 heavy (non-hydrogen) atoms. The van der Waals surface area contributed by atoms with Crippen LogP contribution < -0.4 is 4.74 Å². The molecule has 0 N–H and O–H groups in total. The second-order valence-electron chi connectivity index (χ2n) is 6.65. The highest BCUT2D eigenvalue weighted by Crippen LogP contribution is 2.22. The number of thiocarbonyl (C=S) groups is 1. The highest BCUT2D eigenvalue weighted by molar-refractivity contribution is 7.78. The molecule has 3 aromatic rings. The van der Waals surface area contributed by atoms with Crippen LogP contribution in [-0.4, -0.2) is 24.3 Å². The first kappa shape index (κ1) is 22.0. The van der Waals surface area contributed by atoms with Gasteiger partial charge < -0.3 is 9.47 Å². The Balaban J connectivity index is 1.57. The van der Waals surface area contributed by atoms with Crippen molar-refractivity contribution >= 4 is 39.8 Å². The third-order valence-corrected chi connectivity index (χ3v) is 4.51. The van der Waals surface area contributed by atoms with Gasteiger partial charge in [-0.1, -0.05) is 30.6 Å². The van der Waals surface area contributed by atoms with Gasteiger partial charge in [0.05, 0.1) is 24.1 Å². The van der Waals surface area contributed by atoms with Crippen LogP contribution in [0.15, 0.2) is 78.3 Å². The summed E-state index contributed by atoms with van der Waals surface area (Å²) in [5, 5.41) is 4.54. The lowest BCUT2D eigenvalue weighted by atomic mass is 10.1. The van der Waals surface area contributed by atoms with Gasteiger partial charge in [-0.05, 0) is 84.4 Å². The standard InChI is InChI=1S/C26H21NO3S/c1-2-26(28)30-16-4-3-15-29-25-14-11-22-17-21(7-10-23(22)18-25)6-5-20-8-12-24(13-9-20)27-19-31/h2,7-14,17-18H,1,3-4,15-16H2. The molecule has 0 aliphatic rings. The molecule has 0 saturated carbocycles. The molecule has 3 aromatic carbocycles. The number of esters is 1. The molecule has 0 aliphatic heterocycles. The smallest absolute Gasteiger partial charge is 0.330 e. The molecule has 0 radical (unpaired) electrons. The monoisotopic (exact) mass is 427 g/mol. The van der Waals surface area contributed by atoms with Gasteiger partial charge >= 0.3 is 5.97 Å². The van der Waals surface area contributed by atoms with E-state index in [1.807, 2.05) is 54.6 Å². The molecular weight excluding hydrogens is 406 g/mol. The van der Waals surface area contributed by atoms with E-state index >= 15 is 0 Å². The Morgan fingerprint density at radius 1 is 0.935 bits per heavy atom. The van der Waals surface area contributed by atoms with Gasteiger partial charge in [-0.3, -0.25) is 0 Å². The van der Waals surface area contributed by atoms with Crippen LogP contribution in [0.2, 0.25) is 0 Å². The number of aliphatic imine (C=N–C) groups is 1. The van der Waals surface area contributed by atoms with Crippen molar-refractivity contribution in [3.63, 3.8) is 0 Å². The SMILES string of the molecule is C=CC(=O)OCCCCOc1ccc2cc(C#Cc3ccc(N=C=S)cc3)ccc2c1. The summed E-state index contributed by atoms with van der Waals surface area (Å²) >= 11 is 4.61. The molecule has 0 bridgehead atoms. The maximum absolute atomic E-state index is 11.0. The maximum atomic E-state index is 11.0. The van der Waals surface area contributed by atoms with Crippen molar-refractivity contribution in [2.24, 2.45) is 4.99 Å². The van der Waals surface area contributed by atoms with Crippen molar-refractivity contribution in [3.8, 4) is 17.6 Å². The van der Waals surface area contributed by atoms with Gasteiger partial charge in [0.2, 0.25) is 0 Å². The number of nitrogens with zero attached hydrogens (tertiary/aromatic N) is 1. The first-order chi connectivity index (χ1) is 15.2. The fraction of sp³-hybridized carbons (Fsp3) is 0.154. The fourth-order valence-electron chi connectivity index (χ4n) is 2.83. The van der Waals surface area contributed by atoms with Gasteiger partial charge in [-0.15, -0.1) is 0 Å². The van der Waals surface area contributed by atoms with Crippen molar-refractivity contribution in [2.75, 3.05) is 13.2 Å². The first-order valence-corrected chi connectivity index (χ1v) is 10.2. The summed E-state index contributed by atoms with van der Waals surface area (Å²) in [6.07, 6.45) is 2.71. The van der Waals surface area contributed by atoms with Crippen LogP contribution in [0.25, 0.3) is 10.8 Å². The van der Waals surface area contributed by atoms with Crippen LogP contribution in [0, 0.1) is 11.8 Å². The van der Waals surface area contributed by atoms with E-state index < -0.39 is 5.97 Å². The summed E-state index contributed by atoms with van der Waals surface area (Å²) in [5.41, 5.74) is 2.61. The van der Waals surface area contributed by atoms with Crippen molar-refractivity contribution in [1.29, 1.82) is 0 Å². The van der Waals surface area contributed by atoms with Crippen LogP contribution >= 0.6 is 12.2 Å². The average Bonchev–Trinajstić information content (AvgIpc) is 2.80. The van der Waals surface area contributed by atoms with Gasteiger partial charge in [0.25, 0.3) is 0 Å². The highest BCUT2D eigenvalue weighted by atomic mass is 32.1. The Morgan fingerprint density at radius 2 is 1.61 bits per heavy atom. The van der Waals surface area contributed by atoms with Crippen molar-refractivity contribution < 1.29 is 14.3 Å². The van der Waals surface area contributed by atoms with Gasteiger partial charge in [-0.2, -0.15) is 4.99 Å². The minimum absolute atomic E-state index is 0.376. The molecule has 3 rings (SSSR count). The van der Waals surface area contributed by atoms with Gasteiger partial charge in [0.1, 0.15) is 5.75 Å². The number of hydrogen-bond donors (Lipinski definition) is 0. The number of unbranched alkanes of at least 4 members (excludes halogenated alkanes) is 1. The Hall–Kier alpha value is -3.71. The molecule has 0 spiro atoms. The third-order valence-electron chi connectivity index (χ3n) is 4.42. The van der Waals surface area contributed by atoms with E-state index in [9.17, 15) is 4.79 Å². The summed E-state index contributed by atoms with van der Waals surface area (Å²) < 4.78 is 10.7. The minimum atomic E-state index is -0.394. The number of benzene rings is 3. The Morgan fingerprint density at radius 3 is 2.39 bits per heavy atom. The predicted molar refractivity (Wildman–Crippen MR) is 127 cm³/mol. The summed E-state index contributed by atoms with van der Waals surface area (Å²) in [6, 6.07) is 19.6. The fourth-order valence-corrected chi connectivity index (χ4v) is 2.94. The van der Waals surface area contributed by atoms with E-state index in [-0.39, 0.29) is 0 Å². The van der Waals surface area contributed by atoms with E-state index in [2.05, 4.69) is 46.9 Å². The van der Waals surface area contributed by atoms with Gasteiger partial charge in [0.15, 0.2) is 0 Å². The first-order valence-electron chi connectivity index (χ1n) is 9.84. The Kier molecular flexibility index (Phi) is 8.13. The quantitative estimate of drug-likeness (QED) is 0.113. The minimum Gasteiger partial charge on any atom is -0.494 e. The highest BCUT2D eigenvalue weighted by Gasteiger charge is 2.00. The van der Waals surface area contributed by atoms with Crippen LogP contribution in [0.1, 0.15) is 24.0 Å². The number of fused-ring (bicyclic) bond motifs is 1. The van der Waals surface area contributed by atoms with Crippen LogP contribution in [0.3, 0.4) is 0 Å². The molecule has 4 nitrogen and oxygen atoms in total. The Bertz CT molecular complexity index is 1180. The van der Waals surface area contributed by atoms with Crippen LogP contribution in [-0.2, 0) is 9.53 Å². The number of ether oxygens (including phenoxy) is 2. The van der Waals surface area contributed by atoms with Crippen molar-refractivity contribution in [1.82, 2.24) is 0 Å². The predicted octanol–water partition coefficient (Wildman–Crippen LogP) is 5.86. The summed E-state index contributed by atoms with van der Waals surface area (Å²) in [4.78, 5) is 14.9. The van der Waals surface area contributed by atoms with E-state index in [0.717, 1.165) is 46.2 Å². The van der Waals surface area contributed by atoms with Crippen LogP contribution in [0.5, 0.6) is 5.75 Å². The van der Waals surface area contributed by atoms with Gasteiger partial charge in [-0.25, -0.2) is 4.79 Å². The number of hydrogen-bond acceptors (Lipinski definition) is 5. The summed E-state index contributed by atoms with van der Waals surface area (Å²) in [6.45, 7) is 4.30. The van der Waals surface area contributed by atoms with E-state index in [1.165, 1.54) is 6.08 Å². The molecule has 0 aliphatic carbocycles.